The van der Waals surface area contributed by atoms with Crippen molar-refractivity contribution in [3.8, 4) is 0 Å². The largest absolute Gasteiger partial charge is 0.383 e. The van der Waals surface area contributed by atoms with E-state index in [1.807, 2.05) is 7.05 Å². The second-order valence-electron chi connectivity index (χ2n) is 5.05. The van der Waals surface area contributed by atoms with E-state index in [1.165, 1.54) is 0 Å². The number of amides is 1. The Labute approximate surface area is 113 Å². The van der Waals surface area contributed by atoms with E-state index in [-0.39, 0.29) is 5.91 Å². The van der Waals surface area contributed by atoms with Gasteiger partial charge in [-0.25, -0.2) is 4.98 Å². The van der Waals surface area contributed by atoms with Crippen LogP contribution in [0.15, 0.2) is 12.5 Å². The molecule has 0 spiro atoms. The lowest BCUT2D eigenvalue weighted by Crippen LogP contribution is -2.32. The van der Waals surface area contributed by atoms with Crippen LogP contribution < -0.4 is 5.32 Å². The van der Waals surface area contributed by atoms with E-state index in [9.17, 15) is 4.79 Å². The molecule has 2 heterocycles. The molecule has 106 valence electrons. The Hall–Kier alpha value is -1.40. The SMILES string of the molecule is COCCN1CC[C@H](CNC(=O)c2cncn2C)C1. The maximum Gasteiger partial charge on any atom is 0.269 e. The van der Waals surface area contributed by atoms with Gasteiger partial charge >= 0.3 is 0 Å². The molecule has 1 amide bonds. The van der Waals surface area contributed by atoms with Crippen molar-refractivity contribution in [2.45, 2.75) is 6.42 Å². The molecule has 1 fully saturated rings. The van der Waals surface area contributed by atoms with Crippen LogP contribution in [0.3, 0.4) is 0 Å². The predicted octanol–water partition coefficient (Wildman–Crippen LogP) is 0.118. The zero-order valence-corrected chi connectivity index (χ0v) is 11.6. The van der Waals surface area contributed by atoms with Crippen LogP contribution in [0.4, 0.5) is 0 Å². The van der Waals surface area contributed by atoms with Crippen molar-refractivity contribution in [3.63, 3.8) is 0 Å². The second-order valence-corrected chi connectivity index (χ2v) is 5.05. The first-order valence-electron chi connectivity index (χ1n) is 6.66. The molecule has 0 radical (unpaired) electrons. The van der Waals surface area contributed by atoms with Crippen LogP contribution in [0.2, 0.25) is 0 Å². The highest BCUT2D eigenvalue weighted by Crippen LogP contribution is 2.14. The Kier molecular flexibility index (Phi) is 4.93. The average Bonchev–Trinajstić information content (AvgIpc) is 3.02. The van der Waals surface area contributed by atoms with Crippen LogP contribution in [-0.4, -0.2) is 60.3 Å². The van der Waals surface area contributed by atoms with Crippen molar-refractivity contribution in [2.24, 2.45) is 13.0 Å². The summed E-state index contributed by atoms with van der Waals surface area (Å²) in [6, 6.07) is 0. The lowest BCUT2D eigenvalue weighted by Gasteiger charge is -2.15. The molecule has 0 aliphatic carbocycles. The number of aromatic nitrogens is 2. The zero-order chi connectivity index (χ0) is 13.7. The van der Waals surface area contributed by atoms with E-state index in [1.54, 1.807) is 24.2 Å². The summed E-state index contributed by atoms with van der Waals surface area (Å²) in [4.78, 5) is 18.3. The number of hydrogen-bond acceptors (Lipinski definition) is 4. The van der Waals surface area contributed by atoms with Gasteiger partial charge in [0.2, 0.25) is 0 Å². The van der Waals surface area contributed by atoms with Gasteiger partial charge in [0.05, 0.1) is 19.1 Å². The van der Waals surface area contributed by atoms with Crippen LogP contribution in [0.5, 0.6) is 0 Å². The number of methoxy groups -OCH3 is 1. The first-order valence-corrected chi connectivity index (χ1v) is 6.66. The minimum Gasteiger partial charge on any atom is -0.383 e. The summed E-state index contributed by atoms with van der Waals surface area (Å²) in [7, 11) is 3.55. The molecule has 0 unspecified atom stereocenters. The molecule has 1 aliphatic rings. The highest BCUT2D eigenvalue weighted by atomic mass is 16.5. The molecule has 1 aliphatic heterocycles. The summed E-state index contributed by atoms with van der Waals surface area (Å²) in [6.07, 6.45) is 4.36. The van der Waals surface area contributed by atoms with Crippen molar-refractivity contribution >= 4 is 5.91 Å². The first kappa shape index (κ1) is 14.0. The standard InChI is InChI=1S/C13H22N4O2/c1-16-10-14-8-12(16)13(18)15-7-11-3-4-17(9-11)5-6-19-2/h8,10-11H,3-7,9H2,1-2H3,(H,15,18)/t11-/m1/s1. The summed E-state index contributed by atoms with van der Waals surface area (Å²) < 4.78 is 6.81. The number of ether oxygens (including phenoxy) is 1. The van der Waals surface area contributed by atoms with Crippen molar-refractivity contribution in [2.75, 3.05) is 39.9 Å². The number of carbonyl (C=O) groups is 1. The number of carbonyl (C=O) groups excluding carboxylic acids is 1. The third-order valence-electron chi connectivity index (χ3n) is 3.58. The van der Waals surface area contributed by atoms with E-state index in [0.717, 1.165) is 39.2 Å². The van der Waals surface area contributed by atoms with Crippen molar-refractivity contribution in [1.29, 1.82) is 0 Å². The summed E-state index contributed by atoms with van der Waals surface area (Å²) in [5.74, 6) is 0.490. The Morgan fingerprint density at radius 3 is 3.16 bits per heavy atom. The summed E-state index contributed by atoms with van der Waals surface area (Å²) in [5, 5.41) is 2.99. The normalized spacial score (nSPS) is 19.8. The maximum absolute atomic E-state index is 11.9. The number of hydrogen-bond donors (Lipinski definition) is 1. The third-order valence-corrected chi connectivity index (χ3v) is 3.58. The quantitative estimate of drug-likeness (QED) is 0.794. The topological polar surface area (TPSA) is 59.4 Å². The molecule has 0 bridgehead atoms. The van der Waals surface area contributed by atoms with Gasteiger partial charge in [0.15, 0.2) is 0 Å². The number of nitrogens with one attached hydrogen (secondary N) is 1. The molecule has 1 aromatic heterocycles. The lowest BCUT2D eigenvalue weighted by molar-refractivity contribution is 0.0938. The molecule has 6 heteroatoms. The highest BCUT2D eigenvalue weighted by Gasteiger charge is 2.22. The fourth-order valence-electron chi connectivity index (χ4n) is 2.41. The molecular weight excluding hydrogens is 244 g/mol. The summed E-state index contributed by atoms with van der Waals surface area (Å²) >= 11 is 0. The summed E-state index contributed by atoms with van der Waals surface area (Å²) in [6.45, 7) is 4.61. The molecule has 0 saturated carbocycles. The van der Waals surface area contributed by atoms with Gasteiger partial charge < -0.3 is 19.5 Å². The van der Waals surface area contributed by atoms with Crippen molar-refractivity contribution in [3.05, 3.63) is 18.2 Å². The molecule has 6 nitrogen and oxygen atoms in total. The Balaban J connectivity index is 1.72. The minimum atomic E-state index is -0.0460. The van der Waals surface area contributed by atoms with Gasteiger partial charge in [-0.2, -0.15) is 0 Å². The Bertz CT molecular complexity index is 419. The minimum absolute atomic E-state index is 0.0460. The number of aryl methyl sites for hydroxylation is 1. The van der Waals surface area contributed by atoms with Gasteiger partial charge in [-0.15, -0.1) is 0 Å². The molecule has 2 rings (SSSR count). The van der Waals surface area contributed by atoms with Crippen LogP contribution in [0.25, 0.3) is 0 Å². The van der Waals surface area contributed by atoms with Gasteiger partial charge in [0.25, 0.3) is 5.91 Å². The van der Waals surface area contributed by atoms with Crippen LogP contribution in [0, 0.1) is 5.92 Å². The van der Waals surface area contributed by atoms with Crippen LogP contribution in [0.1, 0.15) is 16.9 Å². The molecule has 1 N–H and O–H groups in total. The molecule has 19 heavy (non-hydrogen) atoms. The lowest BCUT2D eigenvalue weighted by atomic mass is 10.1. The van der Waals surface area contributed by atoms with Crippen LogP contribution in [-0.2, 0) is 11.8 Å². The Morgan fingerprint density at radius 2 is 2.47 bits per heavy atom. The zero-order valence-electron chi connectivity index (χ0n) is 11.6. The predicted molar refractivity (Wildman–Crippen MR) is 72.0 cm³/mol. The number of nitrogens with zero attached hydrogens (tertiary/aromatic N) is 3. The fourth-order valence-corrected chi connectivity index (χ4v) is 2.41. The van der Waals surface area contributed by atoms with E-state index in [4.69, 9.17) is 4.74 Å². The Morgan fingerprint density at radius 1 is 1.63 bits per heavy atom. The third kappa shape index (κ3) is 3.78. The van der Waals surface area contributed by atoms with E-state index < -0.39 is 0 Å². The van der Waals surface area contributed by atoms with E-state index >= 15 is 0 Å². The highest BCUT2D eigenvalue weighted by molar-refractivity contribution is 5.92. The number of rotatable bonds is 6. The summed E-state index contributed by atoms with van der Waals surface area (Å²) in [5.41, 5.74) is 0.606. The van der Waals surface area contributed by atoms with E-state index in [0.29, 0.717) is 11.6 Å². The first-order chi connectivity index (χ1) is 9.20. The molecule has 0 aromatic carbocycles. The molecule has 1 aromatic rings. The maximum atomic E-state index is 11.9. The van der Waals surface area contributed by atoms with E-state index in [2.05, 4.69) is 15.2 Å². The molecule has 1 saturated heterocycles. The number of likely N-dealkylation sites (tertiary alicyclic amines) is 1. The number of imidazole rings is 1. The second kappa shape index (κ2) is 6.68. The van der Waals surface area contributed by atoms with Gasteiger partial charge in [-0.1, -0.05) is 0 Å². The van der Waals surface area contributed by atoms with Gasteiger partial charge in [-0.05, 0) is 18.9 Å². The van der Waals surface area contributed by atoms with Crippen molar-refractivity contribution < 1.29 is 9.53 Å². The molecule has 1 atom stereocenters. The fraction of sp³-hybridized carbons (Fsp3) is 0.692. The monoisotopic (exact) mass is 266 g/mol. The van der Waals surface area contributed by atoms with Gasteiger partial charge in [-0.3, -0.25) is 4.79 Å². The van der Waals surface area contributed by atoms with Gasteiger partial charge in [0, 0.05) is 33.8 Å². The van der Waals surface area contributed by atoms with Gasteiger partial charge in [0.1, 0.15) is 5.69 Å². The smallest absolute Gasteiger partial charge is 0.269 e. The van der Waals surface area contributed by atoms with Crippen LogP contribution >= 0.6 is 0 Å². The molecular formula is C13H22N4O2. The van der Waals surface area contributed by atoms with Crippen molar-refractivity contribution in [1.82, 2.24) is 19.8 Å². The average molecular weight is 266 g/mol.